The Kier molecular flexibility index (Phi) is 4.72. The van der Waals surface area contributed by atoms with Crippen molar-refractivity contribution >= 4 is 11.8 Å². The van der Waals surface area contributed by atoms with Gasteiger partial charge in [0.1, 0.15) is 5.82 Å². The molecule has 0 aliphatic rings. The molecule has 0 fully saturated rings. The predicted molar refractivity (Wildman–Crippen MR) is 61.0 cm³/mol. The quantitative estimate of drug-likeness (QED) is 0.737. The fraction of sp³-hybridized carbons (Fsp3) is 0.455. The second kappa shape index (κ2) is 6.07. The molecule has 0 unspecified atom stereocenters. The Labute approximate surface area is 94.7 Å². The van der Waals surface area contributed by atoms with Crippen molar-refractivity contribution in [3.05, 3.63) is 23.9 Å². The van der Waals surface area contributed by atoms with E-state index in [1.165, 1.54) is 6.07 Å². The first kappa shape index (κ1) is 12.4. The fourth-order valence-corrected chi connectivity index (χ4v) is 1.22. The Bertz CT molecular complexity index is 355. The van der Waals surface area contributed by atoms with Gasteiger partial charge >= 0.3 is 5.97 Å². The van der Waals surface area contributed by atoms with E-state index in [2.05, 4.69) is 4.98 Å². The third kappa shape index (κ3) is 3.51. The number of hydrogen-bond acceptors (Lipinski definition) is 4. The van der Waals surface area contributed by atoms with E-state index in [1.807, 2.05) is 18.9 Å². The van der Waals surface area contributed by atoms with Crippen LogP contribution in [-0.2, 0) is 4.74 Å². The van der Waals surface area contributed by atoms with E-state index in [0.717, 1.165) is 0 Å². The van der Waals surface area contributed by atoms with E-state index in [0.29, 0.717) is 25.6 Å². The average Bonchev–Trinajstić information content (AvgIpc) is 2.29. The van der Waals surface area contributed by atoms with E-state index in [9.17, 15) is 4.79 Å². The number of aromatic nitrogens is 1. The van der Waals surface area contributed by atoms with E-state index < -0.39 is 5.97 Å². The zero-order chi connectivity index (χ0) is 12.0. The highest BCUT2D eigenvalue weighted by atomic mass is 16.5. The molecule has 1 aromatic heterocycles. The summed E-state index contributed by atoms with van der Waals surface area (Å²) in [6.45, 7) is 3.90. The number of pyridine rings is 1. The lowest BCUT2D eigenvalue weighted by atomic mass is 10.3. The third-order valence-electron chi connectivity index (χ3n) is 2.12. The molecule has 0 radical (unpaired) electrons. The van der Waals surface area contributed by atoms with Gasteiger partial charge in [-0.25, -0.2) is 9.78 Å². The van der Waals surface area contributed by atoms with Gasteiger partial charge in [-0.1, -0.05) is 6.07 Å². The number of hydrogen-bond donors (Lipinski definition) is 1. The summed E-state index contributed by atoms with van der Waals surface area (Å²) in [5.41, 5.74) is 0.0563. The minimum absolute atomic E-state index is 0.0563. The van der Waals surface area contributed by atoms with Crippen molar-refractivity contribution in [1.29, 1.82) is 0 Å². The van der Waals surface area contributed by atoms with Crippen LogP contribution in [0.3, 0.4) is 0 Å². The van der Waals surface area contributed by atoms with Gasteiger partial charge in [-0.3, -0.25) is 0 Å². The summed E-state index contributed by atoms with van der Waals surface area (Å²) in [5.74, 6) is -0.375. The van der Waals surface area contributed by atoms with Crippen molar-refractivity contribution in [3.63, 3.8) is 0 Å². The molecule has 0 amide bonds. The Morgan fingerprint density at radius 2 is 2.31 bits per heavy atom. The first-order valence-electron chi connectivity index (χ1n) is 5.14. The van der Waals surface area contributed by atoms with Crippen molar-refractivity contribution in [3.8, 4) is 0 Å². The number of anilines is 1. The highest BCUT2D eigenvalue weighted by Gasteiger charge is 2.07. The van der Waals surface area contributed by atoms with E-state index in [1.54, 1.807) is 12.1 Å². The number of carbonyl (C=O) groups is 1. The Hall–Kier alpha value is -1.62. The van der Waals surface area contributed by atoms with Crippen LogP contribution in [0.4, 0.5) is 5.82 Å². The normalized spacial score (nSPS) is 10.1. The second-order valence-corrected chi connectivity index (χ2v) is 3.30. The number of likely N-dealkylation sites (N-methyl/N-ethyl adjacent to an activating group) is 1. The maximum Gasteiger partial charge on any atom is 0.354 e. The minimum atomic E-state index is -1.01. The topological polar surface area (TPSA) is 62.7 Å². The third-order valence-corrected chi connectivity index (χ3v) is 2.12. The number of nitrogens with zero attached hydrogens (tertiary/aromatic N) is 2. The van der Waals surface area contributed by atoms with Crippen LogP contribution in [0.15, 0.2) is 18.2 Å². The smallest absolute Gasteiger partial charge is 0.354 e. The van der Waals surface area contributed by atoms with Gasteiger partial charge in [0.25, 0.3) is 0 Å². The first-order chi connectivity index (χ1) is 7.65. The molecule has 88 valence electrons. The van der Waals surface area contributed by atoms with E-state index in [-0.39, 0.29) is 5.69 Å². The lowest BCUT2D eigenvalue weighted by molar-refractivity contribution is 0.0690. The minimum Gasteiger partial charge on any atom is -0.477 e. The van der Waals surface area contributed by atoms with Crippen molar-refractivity contribution < 1.29 is 14.6 Å². The Morgan fingerprint density at radius 1 is 1.56 bits per heavy atom. The molecule has 16 heavy (non-hydrogen) atoms. The highest BCUT2D eigenvalue weighted by Crippen LogP contribution is 2.09. The summed E-state index contributed by atoms with van der Waals surface area (Å²) in [7, 11) is 1.85. The molecule has 0 saturated heterocycles. The van der Waals surface area contributed by atoms with Crippen molar-refractivity contribution in [1.82, 2.24) is 4.98 Å². The standard InChI is InChI=1S/C11H16N2O3/c1-3-16-8-7-13(2)10-6-4-5-9(12-10)11(14)15/h4-6H,3,7-8H2,1-2H3,(H,14,15). The molecule has 1 rings (SSSR count). The van der Waals surface area contributed by atoms with Crippen LogP contribution < -0.4 is 4.90 Å². The van der Waals surface area contributed by atoms with Gasteiger partial charge in [0.15, 0.2) is 5.69 Å². The van der Waals surface area contributed by atoms with Gasteiger partial charge in [-0.2, -0.15) is 0 Å². The molecule has 1 N–H and O–H groups in total. The average molecular weight is 224 g/mol. The molecule has 1 heterocycles. The van der Waals surface area contributed by atoms with Crippen LogP contribution in [-0.4, -0.2) is 42.9 Å². The van der Waals surface area contributed by atoms with Crippen LogP contribution in [0.1, 0.15) is 17.4 Å². The maximum atomic E-state index is 10.7. The van der Waals surface area contributed by atoms with Gasteiger partial charge in [0.2, 0.25) is 0 Å². The van der Waals surface area contributed by atoms with Gasteiger partial charge < -0.3 is 14.7 Å². The maximum absolute atomic E-state index is 10.7. The van der Waals surface area contributed by atoms with Crippen LogP contribution in [0.2, 0.25) is 0 Å². The van der Waals surface area contributed by atoms with Gasteiger partial charge in [0.05, 0.1) is 6.61 Å². The molecule has 0 aliphatic heterocycles. The number of ether oxygens (including phenoxy) is 1. The van der Waals surface area contributed by atoms with Crippen LogP contribution in [0, 0.1) is 0 Å². The predicted octanol–water partition coefficient (Wildman–Crippen LogP) is 1.25. The van der Waals surface area contributed by atoms with Crippen molar-refractivity contribution in [2.45, 2.75) is 6.92 Å². The summed E-state index contributed by atoms with van der Waals surface area (Å²) < 4.78 is 5.22. The summed E-state index contributed by atoms with van der Waals surface area (Å²) in [6, 6.07) is 4.93. The highest BCUT2D eigenvalue weighted by molar-refractivity contribution is 5.85. The molecule has 1 aromatic rings. The molecule has 5 nitrogen and oxygen atoms in total. The second-order valence-electron chi connectivity index (χ2n) is 3.30. The van der Waals surface area contributed by atoms with Crippen LogP contribution in [0.5, 0.6) is 0 Å². The first-order valence-corrected chi connectivity index (χ1v) is 5.14. The Balaban J connectivity index is 2.64. The van der Waals surface area contributed by atoms with Gasteiger partial charge in [-0.15, -0.1) is 0 Å². The lowest BCUT2D eigenvalue weighted by Gasteiger charge is -2.17. The van der Waals surface area contributed by atoms with E-state index >= 15 is 0 Å². The SMILES string of the molecule is CCOCCN(C)c1cccc(C(=O)O)n1. The molecule has 0 spiro atoms. The number of carboxylic acids is 1. The summed E-state index contributed by atoms with van der Waals surface area (Å²) in [6.07, 6.45) is 0. The van der Waals surface area contributed by atoms with E-state index in [4.69, 9.17) is 9.84 Å². The van der Waals surface area contributed by atoms with Crippen LogP contribution >= 0.6 is 0 Å². The molecular weight excluding hydrogens is 208 g/mol. The molecule has 5 heteroatoms. The number of aromatic carboxylic acids is 1. The fourth-order valence-electron chi connectivity index (χ4n) is 1.22. The zero-order valence-corrected chi connectivity index (χ0v) is 9.51. The largest absolute Gasteiger partial charge is 0.477 e. The summed E-state index contributed by atoms with van der Waals surface area (Å²) in [4.78, 5) is 16.6. The van der Waals surface area contributed by atoms with Gasteiger partial charge in [0, 0.05) is 20.2 Å². The van der Waals surface area contributed by atoms with Crippen molar-refractivity contribution in [2.75, 3.05) is 31.7 Å². The summed E-state index contributed by atoms with van der Waals surface area (Å²) >= 11 is 0. The van der Waals surface area contributed by atoms with Gasteiger partial charge in [-0.05, 0) is 19.1 Å². The number of rotatable bonds is 6. The molecule has 0 aromatic carbocycles. The van der Waals surface area contributed by atoms with Crippen molar-refractivity contribution in [2.24, 2.45) is 0 Å². The molecule has 0 aliphatic carbocycles. The number of carboxylic acid groups (broad SMARTS) is 1. The lowest BCUT2D eigenvalue weighted by Crippen LogP contribution is -2.24. The molecule has 0 saturated carbocycles. The monoisotopic (exact) mass is 224 g/mol. The molecule has 0 bridgehead atoms. The summed E-state index contributed by atoms with van der Waals surface area (Å²) in [5, 5.41) is 8.80. The Morgan fingerprint density at radius 3 is 2.94 bits per heavy atom. The molecule has 0 atom stereocenters. The molecular formula is C11H16N2O3. The zero-order valence-electron chi connectivity index (χ0n) is 9.51. The van der Waals surface area contributed by atoms with Crippen LogP contribution in [0.25, 0.3) is 0 Å².